The molecule has 1 aliphatic carbocycles. The van der Waals surface area contributed by atoms with Crippen LogP contribution in [0.3, 0.4) is 0 Å². The predicted octanol–water partition coefficient (Wildman–Crippen LogP) is 3.70. The molecule has 1 amide bonds. The first kappa shape index (κ1) is 21.6. The summed E-state index contributed by atoms with van der Waals surface area (Å²) in [5.41, 5.74) is 1.43. The molecule has 168 valence electrons. The molecule has 0 spiro atoms. The van der Waals surface area contributed by atoms with Crippen LogP contribution in [0, 0.1) is 5.92 Å². The van der Waals surface area contributed by atoms with Crippen LogP contribution in [0.25, 0.3) is 15.5 Å². The first-order chi connectivity index (χ1) is 15.6. The number of hydrogen-bond donors (Lipinski definition) is 0. The van der Waals surface area contributed by atoms with E-state index < -0.39 is 0 Å². The fourth-order valence-electron chi connectivity index (χ4n) is 4.64. The van der Waals surface area contributed by atoms with E-state index in [1.807, 2.05) is 29.2 Å². The molecule has 2 fully saturated rings. The lowest BCUT2D eigenvalue weighted by Crippen LogP contribution is -2.50. The second-order valence-corrected chi connectivity index (χ2v) is 10.0. The van der Waals surface area contributed by atoms with Crippen molar-refractivity contribution in [3.05, 3.63) is 51.4 Å². The molecular formula is C23H26ClN5O2S. The molecule has 0 radical (unpaired) electrons. The van der Waals surface area contributed by atoms with Gasteiger partial charge in [0.1, 0.15) is 5.01 Å². The Morgan fingerprint density at radius 2 is 1.88 bits per heavy atom. The van der Waals surface area contributed by atoms with Crippen molar-refractivity contribution in [2.24, 2.45) is 5.92 Å². The monoisotopic (exact) mass is 471 g/mol. The van der Waals surface area contributed by atoms with Gasteiger partial charge in [0.05, 0.1) is 5.69 Å². The van der Waals surface area contributed by atoms with Crippen LogP contribution in [0.2, 0.25) is 5.02 Å². The van der Waals surface area contributed by atoms with E-state index in [9.17, 15) is 9.59 Å². The highest BCUT2D eigenvalue weighted by Crippen LogP contribution is 2.27. The number of benzene rings is 1. The number of fused-ring (bicyclic) bond motifs is 1. The number of piperazine rings is 1. The van der Waals surface area contributed by atoms with Crippen LogP contribution in [0.4, 0.5) is 0 Å². The summed E-state index contributed by atoms with van der Waals surface area (Å²) in [7, 11) is 0. The van der Waals surface area contributed by atoms with Gasteiger partial charge in [-0.15, -0.1) is 0 Å². The summed E-state index contributed by atoms with van der Waals surface area (Å²) in [6, 6.07) is 8.99. The van der Waals surface area contributed by atoms with Crippen molar-refractivity contribution in [2.45, 2.75) is 38.6 Å². The molecule has 0 bridgehead atoms. The SMILES string of the molecule is O=C(C1CCCCC1)N1CCN(Cc2cc(=O)n3nc(-c4cccc(Cl)c4)sc3n2)CC1. The first-order valence-electron chi connectivity index (χ1n) is 11.2. The van der Waals surface area contributed by atoms with Gasteiger partial charge >= 0.3 is 0 Å². The number of halogens is 1. The molecular weight excluding hydrogens is 446 g/mol. The smallest absolute Gasteiger partial charge is 0.275 e. The van der Waals surface area contributed by atoms with E-state index in [0.29, 0.717) is 27.4 Å². The molecule has 1 saturated heterocycles. The summed E-state index contributed by atoms with van der Waals surface area (Å²) in [4.78, 5) is 35.0. The summed E-state index contributed by atoms with van der Waals surface area (Å²) in [5.74, 6) is 0.555. The Labute approximate surface area is 195 Å². The number of carbonyl (C=O) groups is 1. The molecule has 0 N–H and O–H groups in total. The molecule has 2 aromatic heterocycles. The van der Waals surface area contributed by atoms with Gasteiger partial charge in [-0.05, 0) is 25.0 Å². The molecule has 1 aliphatic heterocycles. The maximum absolute atomic E-state index is 12.8. The normalized spacial score (nSPS) is 18.3. The van der Waals surface area contributed by atoms with Crippen LogP contribution in [-0.4, -0.2) is 56.5 Å². The summed E-state index contributed by atoms with van der Waals surface area (Å²) in [5, 5.41) is 5.77. The van der Waals surface area contributed by atoms with Crippen molar-refractivity contribution in [1.29, 1.82) is 0 Å². The average Bonchev–Trinajstić information content (AvgIpc) is 3.25. The minimum absolute atomic E-state index is 0.180. The lowest BCUT2D eigenvalue weighted by atomic mass is 9.88. The lowest BCUT2D eigenvalue weighted by Gasteiger charge is -2.37. The van der Waals surface area contributed by atoms with Gasteiger partial charge in [-0.3, -0.25) is 14.5 Å². The third kappa shape index (κ3) is 4.58. The first-order valence-corrected chi connectivity index (χ1v) is 12.4. The molecule has 3 heterocycles. The Bertz CT molecular complexity index is 1180. The number of carbonyl (C=O) groups excluding carboxylic acids is 1. The molecule has 0 unspecified atom stereocenters. The molecule has 2 aliphatic rings. The van der Waals surface area contributed by atoms with E-state index >= 15 is 0 Å². The van der Waals surface area contributed by atoms with E-state index in [4.69, 9.17) is 16.6 Å². The Hall–Kier alpha value is -2.29. The van der Waals surface area contributed by atoms with Crippen LogP contribution in [0.5, 0.6) is 0 Å². The third-order valence-electron chi connectivity index (χ3n) is 6.39. The van der Waals surface area contributed by atoms with Crippen LogP contribution in [0.15, 0.2) is 35.1 Å². The fraction of sp³-hybridized carbons (Fsp3) is 0.478. The van der Waals surface area contributed by atoms with Gasteiger partial charge in [0.25, 0.3) is 5.56 Å². The van der Waals surface area contributed by atoms with Crippen molar-refractivity contribution in [3.8, 4) is 10.6 Å². The van der Waals surface area contributed by atoms with Gasteiger partial charge in [0.2, 0.25) is 10.9 Å². The molecule has 1 saturated carbocycles. The highest BCUT2D eigenvalue weighted by atomic mass is 35.5. The van der Waals surface area contributed by atoms with Crippen molar-refractivity contribution < 1.29 is 4.79 Å². The zero-order valence-electron chi connectivity index (χ0n) is 17.9. The molecule has 3 aromatic rings. The number of rotatable bonds is 4. The predicted molar refractivity (Wildman–Crippen MR) is 126 cm³/mol. The lowest BCUT2D eigenvalue weighted by molar-refractivity contribution is -0.138. The Kier molecular flexibility index (Phi) is 6.26. The van der Waals surface area contributed by atoms with E-state index in [-0.39, 0.29) is 11.5 Å². The van der Waals surface area contributed by atoms with Gasteiger partial charge < -0.3 is 4.90 Å². The number of hydrogen-bond acceptors (Lipinski definition) is 6. The minimum atomic E-state index is -0.180. The van der Waals surface area contributed by atoms with E-state index in [1.165, 1.54) is 35.1 Å². The van der Waals surface area contributed by atoms with Gasteiger partial charge in [-0.1, -0.05) is 54.3 Å². The maximum Gasteiger partial charge on any atom is 0.275 e. The summed E-state index contributed by atoms with van der Waals surface area (Å²) >= 11 is 7.48. The second kappa shape index (κ2) is 9.29. The summed E-state index contributed by atoms with van der Waals surface area (Å²) in [6.07, 6.45) is 5.69. The average molecular weight is 472 g/mol. The Morgan fingerprint density at radius 1 is 1.09 bits per heavy atom. The zero-order chi connectivity index (χ0) is 22.1. The molecule has 32 heavy (non-hydrogen) atoms. The summed E-state index contributed by atoms with van der Waals surface area (Å²) in [6.45, 7) is 3.69. The Morgan fingerprint density at radius 3 is 2.62 bits per heavy atom. The highest BCUT2D eigenvalue weighted by Gasteiger charge is 2.28. The highest BCUT2D eigenvalue weighted by molar-refractivity contribution is 7.19. The molecule has 1 aromatic carbocycles. The number of amides is 1. The van der Waals surface area contributed by atoms with Gasteiger partial charge in [0, 0.05) is 55.3 Å². The number of aromatic nitrogens is 3. The zero-order valence-corrected chi connectivity index (χ0v) is 19.4. The minimum Gasteiger partial charge on any atom is -0.340 e. The second-order valence-electron chi connectivity index (χ2n) is 8.63. The van der Waals surface area contributed by atoms with Gasteiger partial charge in [-0.2, -0.15) is 9.61 Å². The fourth-order valence-corrected chi connectivity index (χ4v) is 5.75. The largest absolute Gasteiger partial charge is 0.340 e. The third-order valence-corrected chi connectivity index (χ3v) is 7.59. The standard InChI is InChI=1S/C23H26ClN5O2S/c24-18-8-4-7-17(13-18)21-26-29-20(30)14-19(25-23(29)32-21)15-27-9-11-28(12-10-27)22(31)16-5-2-1-3-6-16/h4,7-8,13-14,16H,1-3,5-6,9-12,15H2. The van der Waals surface area contributed by atoms with E-state index in [0.717, 1.165) is 50.3 Å². The van der Waals surface area contributed by atoms with Gasteiger partial charge in [-0.25, -0.2) is 4.98 Å². The number of nitrogens with zero attached hydrogens (tertiary/aromatic N) is 5. The van der Waals surface area contributed by atoms with Crippen molar-refractivity contribution in [2.75, 3.05) is 26.2 Å². The van der Waals surface area contributed by atoms with Crippen LogP contribution < -0.4 is 5.56 Å². The van der Waals surface area contributed by atoms with Crippen LogP contribution in [-0.2, 0) is 11.3 Å². The summed E-state index contributed by atoms with van der Waals surface area (Å²) < 4.78 is 1.35. The Balaban J connectivity index is 1.26. The molecule has 0 atom stereocenters. The van der Waals surface area contributed by atoms with E-state index in [2.05, 4.69) is 10.00 Å². The van der Waals surface area contributed by atoms with Crippen LogP contribution >= 0.6 is 22.9 Å². The van der Waals surface area contributed by atoms with E-state index in [1.54, 1.807) is 6.07 Å². The van der Waals surface area contributed by atoms with Crippen LogP contribution in [0.1, 0.15) is 37.8 Å². The quantitative estimate of drug-likeness (QED) is 0.580. The van der Waals surface area contributed by atoms with Crippen molar-refractivity contribution in [3.63, 3.8) is 0 Å². The van der Waals surface area contributed by atoms with Gasteiger partial charge in [0.15, 0.2) is 0 Å². The molecule has 5 rings (SSSR count). The molecule has 7 nitrogen and oxygen atoms in total. The topological polar surface area (TPSA) is 70.8 Å². The molecule has 9 heteroatoms. The maximum atomic E-state index is 12.8. The van der Waals surface area contributed by atoms with Crippen molar-refractivity contribution in [1.82, 2.24) is 24.4 Å². The van der Waals surface area contributed by atoms with Crippen molar-refractivity contribution >= 4 is 33.8 Å².